The predicted molar refractivity (Wildman–Crippen MR) is 73.2 cm³/mol. The van der Waals surface area contributed by atoms with Crippen LogP contribution in [0.15, 0.2) is 18.2 Å². The van der Waals surface area contributed by atoms with E-state index in [-0.39, 0.29) is 0 Å². The molecule has 1 aromatic carbocycles. The number of hydrogen-bond donors (Lipinski definition) is 0. The average molecular weight is 243 g/mol. The normalized spacial score (nSPS) is 17.6. The Hall–Kier alpha value is -1.37. The first-order chi connectivity index (χ1) is 8.70. The van der Waals surface area contributed by atoms with Crippen LogP contribution >= 0.6 is 0 Å². The highest BCUT2D eigenvalue weighted by atomic mass is 15.3. The molecule has 3 nitrogen and oxygen atoms in total. The summed E-state index contributed by atoms with van der Waals surface area (Å²) in [6.07, 6.45) is 0. The van der Waals surface area contributed by atoms with E-state index < -0.39 is 0 Å². The van der Waals surface area contributed by atoms with E-state index in [2.05, 4.69) is 47.9 Å². The first kappa shape index (κ1) is 13.1. The van der Waals surface area contributed by atoms with Crippen molar-refractivity contribution in [1.29, 1.82) is 5.26 Å². The number of benzene rings is 1. The molecule has 0 N–H and O–H groups in total. The summed E-state index contributed by atoms with van der Waals surface area (Å²) < 4.78 is 0. The molecule has 1 heterocycles. The molecule has 1 aliphatic rings. The number of nitrogens with zero attached hydrogens (tertiary/aromatic N) is 3. The zero-order chi connectivity index (χ0) is 13.0. The van der Waals surface area contributed by atoms with Crippen molar-refractivity contribution < 1.29 is 0 Å². The van der Waals surface area contributed by atoms with Gasteiger partial charge >= 0.3 is 0 Å². The molecule has 0 bridgehead atoms. The number of nitriles is 1. The Kier molecular flexibility index (Phi) is 4.35. The van der Waals surface area contributed by atoms with Gasteiger partial charge in [-0.3, -0.25) is 9.80 Å². The van der Waals surface area contributed by atoms with Gasteiger partial charge < -0.3 is 0 Å². The van der Waals surface area contributed by atoms with Gasteiger partial charge in [-0.25, -0.2) is 0 Å². The summed E-state index contributed by atoms with van der Waals surface area (Å²) in [6, 6.07) is 8.76. The van der Waals surface area contributed by atoms with Crippen LogP contribution in [-0.4, -0.2) is 42.5 Å². The van der Waals surface area contributed by atoms with E-state index in [0.29, 0.717) is 6.54 Å². The first-order valence-corrected chi connectivity index (χ1v) is 6.57. The van der Waals surface area contributed by atoms with Crippen LogP contribution in [0.4, 0.5) is 0 Å². The van der Waals surface area contributed by atoms with Crippen LogP contribution < -0.4 is 0 Å². The van der Waals surface area contributed by atoms with Crippen molar-refractivity contribution in [3.63, 3.8) is 0 Å². The standard InChI is InChI=1S/C15H21N3/c1-13-4-3-5-15(14(13)2)12-18-10-8-17(7-6-16)9-11-18/h3-5H,7-12H2,1-2H3. The number of aryl methyl sites for hydroxylation is 1. The maximum Gasteiger partial charge on any atom is 0.0866 e. The summed E-state index contributed by atoms with van der Waals surface area (Å²) in [5.74, 6) is 0. The Morgan fingerprint density at radius 3 is 2.44 bits per heavy atom. The Balaban J connectivity index is 1.92. The Morgan fingerprint density at radius 1 is 1.11 bits per heavy atom. The number of piperazine rings is 1. The summed E-state index contributed by atoms with van der Waals surface area (Å²) in [5.41, 5.74) is 4.22. The maximum atomic E-state index is 8.68. The summed E-state index contributed by atoms with van der Waals surface area (Å²) in [4.78, 5) is 4.70. The molecule has 0 atom stereocenters. The minimum absolute atomic E-state index is 0.567. The van der Waals surface area contributed by atoms with Crippen LogP contribution in [-0.2, 0) is 6.54 Å². The molecule has 0 amide bonds. The van der Waals surface area contributed by atoms with Crippen molar-refractivity contribution in [2.75, 3.05) is 32.7 Å². The molecule has 1 saturated heterocycles. The molecule has 0 aliphatic carbocycles. The van der Waals surface area contributed by atoms with Crippen LogP contribution in [0.2, 0.25) is 0 Å². The molecular weight excluding hydrogens is 222 g/mol. The Morgan fingerprint density at radius 2 is 1.78 bits per heavy atom. The molecule has 2 rings (SSSR count). The molecule has 18 heavy (non-hydrogen) atoms. The second-order valence-corrected chi connectivity index (χ2v) is 5.07. The third kappa shape index (κ3) is 3.10. The summed E-state index contributed by atoms with van der Waals surface area (Å²) in [6.45, 7) is 10.1. The van der Waals surface area contributed by atoms with E-state index in [1.165, 1.54) is 16.7 Å². The van der Waals surface area contributed by atoms with Gasteiger partial charge in [0.05, 0.1) is 12.6 Å². The molecule has 0 saturated carbocycles. The molecule has 1 aliphatic heterocycles. The van der Waals surface area contributed by atoms with Gasteiger partial charge in [0.15, 0.2) is 0 Å². The predicted octanol–water partition coefficient (Wildman–Crippen LogP) is 1.94. The Bertz CT molecular complexity index is 440. The van der Waals surface area contributed by atoms with Gasteiger partial charge in [-0.1, -0.05) is 18.2 Å². The Labute approximate surface area is 110 Å². The maximum absolute atomic E-state index is 8.68. The monoisotopic (exact) mass is 243 g/mol. The van der Waals surface area contributed by atoms with Crippen LogP contribution in [0.3, 0.4) is 0 Å². The topological polar surface area (TPSA) is 30.3 Å². The average Bonchev–Trinajstić information content (AvgIpc) is 2.38. The minimum Gasteiger partial charge on any atom is -0.297 e. The van der Waals surface area contributed by atoms with Gasteiger partial charge in [-0.2, -0.15) is 5.26 Å². The lowest BCUT2D eigenvalue weighted by Crippen LogP contribution is -2.45. The fraction of sp³-hybridized carbons (Fsp3) is 0.533. The number of rotatable bonds is 3. The zero-order valence-electron chi connectivity index (χ0n) is 11.3. The van der Waals surface area contributed by atoms with Crippen LogP contribution in [0.25, 0.3) is 0 Å². The molecule has 0 unspecified atom stereocenters. The number of hydrogen-bond acceptors (Lipinski definition) is 3. The fourth-order valence-electron chi connectivity index (χ4n) is 2.43. The molecule has 3 heteroatoms. The molecule has 0 spiro atoms. The van der Waals surface area contributed by atoms with Crippen molar-refractivity contribution in [2.45, 2.75) is 20.4 Å². The lowest BCUT2D eigenvalue weighted by Gasteiger charge is -2.33. The van der Waals surface area contributed by atoms with E-state index in [1.807, 2.05) is 0 Å². The molecule has 96 valence electrons. The van der Waals surface area contributed by atoms with Crippen LogP contribution in [0.1, 0.15) is 16.7 Å². The lowest BCUT2D eigenvalue weighted by atomic mass is 10.0. The van der Waals surface area contributed by atoms with Gasteiger partial charge in [0.25, 0.3) is 0 Å². The van der Waals surface area contributed by atoms with Gasteiger partial charge in [0.2, 0.25) is 0 Å². The van der Waals surface area contributed by atoms with Crippen molar-refractivity contribution in [1.82, 2.24) is 9.80 Å². The van der Waals surface area contributed by atoms with Crippen LogP contribution in [0.5, 0.6) is 0 Å². The van der Waals surface area contributed by atoms with Gasteiger partial charge in [-0.15, -0.1) is 0 Å². The zero-order valence-corrected chi connectivity index (χ0v) is 11.3. The van der Waals surface area contributed by atoms with Crippen molar-refractivity contribution in [3.05, 3.63) is 34.9 Å². The third-order valence-electron chi connectivity index (χ3n) is 3.87. The molecular formula is C15H21N3. The van der Waals surface area contributed by atoms with E-state index in [1.54, 1.807) is 0 Å². The van der Waals surface area contributed by atoms with E-state index in [4.69, 9.17) is 5.26 Å². The fourth-order valence-corrected chi connectivity index (χ4v) is 2.43. The quantitative estimate of drug-likeness (QED) is 0.760. The second kappa shape index (κ2) is 5.99. The third-order valence-corrected chi connectivity index (χ3v) is 3.87. The molecule has 0 aromatic heterocycles. The minimum atomic E-state index is 0.567. The highest BCUT2D eigenvalue weighted by molar-refractivity contribution is 5.33. The highest BCUT2D eigenvalue weighted by Crippen LogP contribution is 2.15. The summed E-state index contributed by atoms with van der Waals surface area (Å²) in [5, 5.41) is 8.68. The summed E-state index contributed by atoms with van der Waals surface area (Å²) in [7, 11) is 0. The largest absolute Gasteiger partial charge is 0.297 e. The molecule has 1 aromatic rings. The van der Waals surface area contributed by atoms with Crippen molar-refractivity contribution in [3.8, 4) is 6.07 Å². The van der Waals surface area contributed by atoms with Gasteiger partial charge in [-0.05, 0) is 30.5 Å². The molecule has 0 radical (unpaired) electrons. The first-order valence-electron chi connectivity index (χ1n) is 6.57. The molecule has 1 fully saturated rings. The van der Waals surface area contributed by atoms with Gasteiger partial charge in [0, 0.05) is 32.7 Å². The van der Waals surface area contributed by atoms with Gasteiger partial charge in [0.1, 0.15) is 0 Å². The lowest BCUT2D eigenvalue weighted by molar-refractivity contribution is 0.138. The van der Waals surface area contributed by atoms with E-state index in [0.717, 1.165) is 32.7 Å². The van der Waals surface area contributed by atoms with Crippen molar-refractivity contribution in [2.24, 2.45) is 0 Å². The summed E-state index contributed by atoms with van der Waals surface area (Å²) >= 11 is 0. The van der Waals surface area contributed by atoms with E-state index in [9.17, 15) is 0 Å². The van der Waals surface area contributed by atoms with E-state index >= 15 is 0 Å². The van der Waals surface area contributed by atoms with Crippen molar-refractivity contribution >= 4 is 0 Å². The SMILES string of the molecule is Cc1cccc(CN2CCN(CC#N)CC2)c1C. The van der Waals surface area contributed by atoms with Crippen LogP contribution in [0, 0.1) is 25.2 Å². The smallest absolute Gasteiger partial charge is 0.0866 e. The highest BCUT2D eigenvalue weighted by Gasteiger charge is 2.17. The second-order valence-electron chi connectivity index (χ2n) is 5.07.